The summed E-state index contributed by atoms with van der Waals surface area (Å²) in [5.74, 6) is -0.283. The smallest absolute Gasteiger partial charge is 0.141 e. The van der Waals surface area contributed by atoms with Gasteiger partial charge in [0.1, 0.15) is 5.82 Å². The van der Waals surface area contributed by atoms with Crippen LogP contribution < -0.4 is 5.32 Å². The summed E-state index contributed by atoms with van der Waals surface area (Å²) in [6.45, 7) is 3.76. The summed E-state index contributed by atoms with van der Waals surface area (Å²) >= 11 is 0. The molecule has 3 nitrogen and oxygen atoms in total. The molecule has 94 valence electrons. The summed E-state index contributed by atoms with van der Waals surface area (Å²) in [4.78, 5) is 4.15. The molecule has 1 unspecified atom stereocenters. The first-order valence-corrected chi connectivity index (χ1v) is 6.25. The van der Waals surface area contributed by atoms with Crippen LogP contribution >= 0.6 is 0 Å². The molecule has 17 heavy (non-hydrogen) atoms. The van der Waals surface area contributed by atoms with Crippen molar-refractivity contribution in [3.63, 3.8) is 0 Å². The first kappa shape index (κ1) is 12.5. The number of pyridine rings is 1. The highest BCUT2D eigenvalue weighted by atomic mass is 19.1. The molecule has 0 saturated carbocycles. The van der Waals surface area contributed by atoms with Crippen molar-refractivity contribution in [1.29, 1.82) is 0 Å². The maximum absolute atomic E-state index is 12.8. The third-order valence-corrected chi connectivity index (χ3v) is 3.17. The van der Waals surface area contributed by atoms with Crippen molar-refractivity contribution in [2.75, 3.05) is 13.2 Å². The quantitative estimate of drug-likeness (QED) is 0.874. The summed E-state index contributed by atoms with van der Waals surface area (Å²) in [5, 5.41) is 3.58. The lowest BCUT2D eigenvalue weighted by Crippen LogP contribution is -2.37. The highest BCUT2D eigenvalue weighted by molar-refractivity contribution is 5.10. The van der Waals surface area contributed by atoms with Crippen molar-refractivity contribution in [2.24, 2.45) is 0 Å². The van der Waals surface area contributed by atoms with E-state index in [1.54, 1.807) is 6.07 Å². The van der Waals surface area contributed by atoms with Gasteiger partial charge >= 0.3 is 0 Å². The monoisotopic (exact) mass is 238 g/mol. The largest absolute Gasteiger partial charge is 0.381 e. The first-order chi connectivity index (χ1) is 8.29. The van der Waals surface area contributed by atoms with Gasteiger partial charge in [-0.3, -0.25) is 4.98 Å². The molecule has 0 aromatic carbocycles. The average Bonchev–Trinajstić information content (AvgIpc) is 2.38. The lowest BCUT2D eigenvalue weighted by molar-refractivity contribution is 0.0745. The van der Waals surface area contributed by atoms with Gasteiger partial charge < -0.3 is 10.1 Å². The number of nitrogens with one attached hydrogen (secondary N) is 1. The predicted octanol–water partition coefficient (Wildman–Crippen LogP) is 2.44. The van der Waals surface area contributed by atoms with Crippen molar-refractivity contribution >= 4 is 0 Å². The minimum Gasteiger partial charge on any atom is -0.381 e. The molecule has 0 radical (unpaired) electrons. The van der Waals surface area contributed by atoms with Gasteiger partial charge in [-0.05, 0) is 31.4 Å². The van der Waals surface area contributed by atoms with Gasteiger partial charge in [0.15, 0.2) is 0 Å². The van der Waals surface area contributed by atoms with E-state index in [1.165, 1.54) is 12.3 Å². The van der Waals surface area contributed by atoms with Crippen molar-refractivity contribution in [3.05, 3.63) is 29.8 Å². The van der Waals surface area contributed by atoms with Crippen LogP contribution in [0.1, 0.15) is 37.9 Å². The molecule has 1 fully saturated rings. The molecule has 0 bridgehead atoms. The van der Waals surface area contributed by atoms with E-state index < -0.39 is 0 Å². The summed E-state index contributed by atoms with van der Waals surface area (Å²) in [6.07, 6.45) is 4.31. The van der Waals surface area contributed by atoms with E-state index in [9.17, 15) is 4.39 Å². The number of hydrogen-bond donors (Lipinski definition) is 1. The van der Waals surface area contributed by atoms with Crippen LogP contribution in [0.3, 0.4) is 0 Å². The molecule has 1 saturated heterocycles. The van der Waals surface area contributed by atoms with E-state index >= 15 is 0 Å². The van der Waals surface area contributed by atoms with E-state index in [-0.39, 0.29) is 11.9 Å². The molecular formula is C13H19FN2O. The molecule has 1 aliphatic rings. The summed E-state index contributed by atoms with van der Waals surface area (Å²) in [5.41, 5.74) is 0.917. The number of nitrogens with zero attached hydrogens (tertiary/aromatic N) is 1. The van der Waals surface area contributed by atoms with Crippen LogP contribution in [0.2, 0.25) is 0 Å². The number of hydrogen-bond acceptors (Lipinski definition) is 3. The molecule has 1 aromatic rings. The number of aromatic nitrogens is 1. The van der Waals surface area contributed by atoms with Gasteiger partial charge in [-0.1, -0.05) is 6.92 Å². The highest BCUT2D eigenvalue weighted by Gasteiger charge is 2.18. The van der Waals surface area contributed by atoms with Crippen LogP contribution in [-0.2, 0) is 4.74 Å². The topological polar surface area (TPSA) is 34.1 Å². The Morgan fingerprint density at radius 3 is 2.82 bits per heavy atom. The van der Waals surface area contributed by atoms with Crippen molar-refractivity contribution in [3.8, 4) is 0 Å². The van der Waals surface area contributed by atoms with E-state index in [1.807, 2.05) is 0 Å². The minimum atomic E-state index is -0.283. The third kappa shape index (κ3) is 3.48. The fourth-order valence-electron chi connectivity index (χ4n) is 2.15. The van der Waals surface area contributed by atoms with E-state index in [4.69, 9.17) is 4.74 Å². The second kappa shape index (κ2) is 6.07. The van der Waals surface area contributed by atoms with Gasteiger partial charge in [0, 0.05) is 25.3 Å². The Morgan fingerprint density at radius 1 is 1.47 bits per heavy atom. The van der Waals surface area contributed by atoms with Crippen LogP contribution in [0.25, 0.3) is 0 Å². The Bertz CT molecular complexity index is 336. The molecule has 0 spiro atoms. The normalized spacial score (nSPS) is 19.2. The lowest BCUT2D eigenvalue weighted by Gasteiger charge is -2.27. The molecule has 1 aromatic heterocycles. The maximum Gasteiger partial charge on any atom is 0.141 e. The summed E-state index contributed by atoms with van der Waals surface area (Å²) in [6, 6.07) is 3.92. The standard InChI is InChI=1S/C13H19FN2O/c1-2-12(13-4-3-10(14)9-15-13)16-11-5-7-17-8-6-11/h3-4,9,11-12,16H,2,5-8H2,1H3. The summed E-state index contributed by atoms with van der Waals surface area (Å²) in [7, 11) is 0. The van der Waals surface area contributed by atoms with Gasteiger partial charge in [-0.15, -0.1) is 0 Å². The van der Waals surface area contributed by atoms with Crippen LogP contribution in [0.5, 0.6) is 0 Å². The van der Waals surface area contributed by atoms with Gasteiger partial charge in [-0.2, -0.15) is 0 Å². The highest BCUT2D eigenvalue weighted by Crippen LogP contribution is 2.18. The SMILES string of the molecule is CCC(NC1CCOCC1)c1ccc(F)cn1. The molecule has 1 aliphatic heterocycles. The molecule has 0 amide bonds. The van der Waals surface area contributed by atoms with E-state index in [2.05, 4.69) is 17.2 Å². The Hall–Kier alpha value is -1.00. The zero-order valence-corrected chi connectivity index (χ0v) is 10.2. The van der Waals surface area contributed by atoms with E-state index in [0.29, 0.717) is 6.04 Å². The zero-order valence-electron chi connectivity index (χ0n) is 10.2. The second-order valence-electron chi connectivity index (χ2n) is 4.42. The van der Waals surface area contributed by atoms with Gasteiger partial charge in [0.25, 0.3) is 0 Å². The van der Waals surface area contributed by atoms with Crippen LogP contribution in [0.4, 0.5) is 4.39 Å². The summed E-state index contributed by atoms with van der Waals surface area (Å²) < 4.78 is 18.1. The fourth-order valence-corrected chi connectivity index (χ4v) is 2.15. The Balaban J connectivity index is 1.97. The number of halogens is 1. The zero-order chi connectivity index (χ0) is 12.1. The van der Waals surface area contributed by atoms with Crippen LogP contribution in [0.15, 0.2) is 18.3 Å². The van der Waals surface area contributed by atoms with Gasteiger partial charge in [0.05, 0.1) is 11.9 Å². The number of ether oxygens (including phenoxy) is 1. The lowest BCUT2D eigenvalue weighted by atomic mass is 10.0. The Labute approximate surface area is 101 Å². The molecule has 2 rings (SSSR count). The first-order valence-electron chi connectivity index (χ1n) is 6.25. The molecule has 1 atom stereocenters. The van der Waals surface area contributed by atoms with Crippen molar-refractivity contribution in [1.82, 2.24) is 10.3 Å². The minimum absolute atomic E-state index is 0.207. The predicted molar refractivity (Wildman–Crippen MR) is 64.2 cm³/mol. The third-order valence-electron chi connectivity index (χ3n) is 3.17. The molecule has 0 aliphatic carbocycles. The van der Waals surface area contributed by atoms with Crippen LogP contribution in [-0.4, -0.2) is 24.2 Å². The van der Waals surface area contributed by atoms with Crippen molar-refractivity contribution < 1.29 is 9.13 Å². The molecule has 1 N–H and O–H groups in total. The number of rotatable bonds is 4. The maximum atomic E-state index is 12.8. The van der Waals surface area contributed by atoms with E-state index in [0.717, 1.165) is 38.2 Å². The molecule has 2 heterocycles. The van der Waals surface area contributed by atoms with Gasteiger partial charge in [0.2, 0.25) is 0 Å². The fraction of sp³-hybridized carbons (Fsp3) is 0.615. The Morgan fingerprint density at radius 2 is 2.24 bits per heavy atom. The molecular weight excluding hydrogens is 219 g/mol. The average molecular weight is 238 g/mol. The van der Waals surface area contributed by atoms with Crippen molar-refractivity contribution in [2.45, 2.75) is 38.3 Å². The second-order valence-corrected chi connectivity index (χ2v) is 4.42. The van der Waals surface area contributed by atoms with Gasteiger partial charge in [-0.25, -0.2) is 4.39 Å². The van der Waals surface area contributed by atoms with Crippen LogP contribution in [0, 0.1) is 5.82 Å². The Kier molecular flexibility index (Phi) is 4.45. The molecule has 4 heteroatoms.